The Hall–Kier alpha value is -2.10. The zero-order chi connectivity index (χ0) is 20.9. The van der Waals surface area contributed by atoms with Crippen LogP contribution in [0.15, 0.2) is 41.5 Å². The lowest BCUT2D eigenvalue weighted by atomic mass is 10.1. The molecule has 0 saturated carbocycles. The van der Waals surface area contributed by atoms with Gasteiger partial charge in [0, 0.05) is 31.2 Å². The Morgan fingerprint density at radius 3 is 2.80 bits per heavy atom. The number of rotatable bonds is 4. The lowest BCUT2D eigenvalue weighted by Gasteiger charge is -2.23. The second kappa shape index (κ2) is 10.8. The number of benzene rings is 1. The molecule has 1 atom stereocenters. The van der Waals surface area contributed by atoms with Crippen LogP contribution in [0.1, 0.15) is 39.8 Å². The van der Waals surface area contributed by atoms with E-state index in [0.717, 1.165) is 36.6 Å². The summed E-state index contributed by atoms with van der Waals surface area (Å²) in [5.74, 6) is 0.843. The van der Waals surface area contributed by atoms with Crippen molar-refractivity contribution in [1.29, 1.82) is 0 Å². The molecule has 2 N–H and O–H groups in total. The fraction of sp³-hybridized carbons (Fsp3) is 0.500. The highest BCUT2D eigenvalue weighted by molar-refractivity contribution is 14.0. The molecule has 1 aliphatic heterocycles. The molecule has 164 valence electrons. The van der Waals surface area contributed by atoms with Crippen molar-refractivity contribution >= 4 is 46.8 Å². The van der Waals surface area contributed by atoms with Crippen LogP contribution >= 0.6 is 24.0 Å². The second-order valence-electron chi connectivity index (χ2n) is 8.23. The lowest BCUT2D eigenvalue weighted by Crippen LogP contribution is -2.44. The standard InChI is InChI=1S/C22H31N5O2.HI/c1-5-23-20(25-14-19-18-9-7-6-8-16(18)10-12-24-19)27-13-11-17(15-27)26-21(28)29-22(2,3)4;/h6-10,12,17H,5,11,13-15H2,1-4H3,(H,23,25)(H,26,28);1H. The molecule has 7 nitrogen and oxygen atoms in total. The van der Waals surface area contributed by atoms with Crippen LogP contribution in [0, 0.1) is 0 Å². The molecule has 1 saturated heterocycles. The van der Waals surface area contributed by atoms with Gasteiger partial charge in [-0.2, -0.15) is 0 Å². The predicted molar refractivity (Wildman–Crippen MR) is 131 cm³/mol. The summed E-state index contributed by atoms with van der Waals surface area (Å²) in [6, 6.07) is 10.3. The molecule has 3 rings (SSSR count). The molecular formula is C22H32IN5O2. The maximum atomic E-state index is 12.0. The van der Waals surface area contributed by atoms with E-state index in [9.17, 15) is 4.79 Å². The van der Waals surface area contributed by atoms with Gasteiger partial charge < -0.3 is 20.3 Å². The van der Waals surface area contributed by atoms with Gasteiger partial charge in [-0.1, -0.05) is 24.3 Å². The van der Waals surface area contributed by atoms with Gasteiger partial charge >= 0.3 is 6.09 Å². The largest absolute Gasteiger partial charge is 0.444 e. The van der Waals surface area contributed by atoms with E-state index in [1.807, 2.05) is 45.2 Å². The number of nitrogens with zero attached hydrogens (tertiary/aromatic N) is 3. The maximum absolute atomic E-state index is 12.0. The van der Waals surface area contributed by atoms with Crippen molar-refractivity contribution in [1.82, 2.24) is 20.5 Å². The van der Waals surface area contributed by atoms with Gasteiger partial charge in [-0.25, -0.2) is 9.79 Å². The molecule has 2 aromatic rings. The Labute approximate surface area is 195 Å². The van der Waals surface area contributed by atoms with Crippen molar-refractivity contribution in [2.24, 2.45) is 4.99 Å². The van der Waals surface area contributed by atoms with E-state index >= 15 is 0 Å². The third-order valence-corrected chi connectivity index (χ3v) is 4.68. The Bertz CT molecular complexity index is 876. The maximum Gasteiger partial charge on any atom is 0.407 e. The summed E-state index contributed by atoms with van der Waals surface area (Å²) in [4.78, 5) is 23.6. The molecule has 0 radical (unpaired) electrons. The monoisotopic (exact) mass is 525 g/mol. The van der Waals surface area contributed by atoms with Gasteiger partial charge in [0.05, 0.1) is 18.3 Å². The van der Waals surface area contributed by atoms with E-state index in [2.05, 4.69) is 39.6 Å². The molecule has 1 aliphatic rings. The van der Waals surface area contributed by atoms with Crippen LogP contribution < -0.4 is 10.6 Å². The van der Waals surface area contributed by atoms with Crippen molar-refractivity contribution in [3.63, 3.8) is 0 Å². The van der Waals surface area contributed by atoms with Gasteiger partial charge in [-0.3, -0.25) is 4.98 Å². The molecule has 1 unspecified atom stereocenters. The highest BCUT2D eigenvalue weighted by Crippen LogP contribution is 2.17. The zero-order valence-electron chi connectivity index (χ0n) is 18.1. The van der Waals surface area contributed by atoms with Crippen molar-refractivity contribution in [3.8, 4) is 0 Å². The van der Waals surface area contributed by atoms with E-state index in [0.29, 0.717) is 13.1 Å². The van der Waals surface area contributed by atoms with Crippen molar-refractivity contribution in [2.75, 3.05) is 19.6 Å². The Balaban J connectivity index is 0.00000320. The van der Waals surface area contributed by atoms with Crippen LogP contribution in [0.5, 0.6) is 0 Å². The quantitative estimate of drug-likeness (QED) is 0.360. The highest BCUT2D eigenvalue weighted by Gasteiger charge is 2.27. The molecule has 1 fully saturated rings. The normalized spacial score (nSPS) is 16.9. The smallest absolute Gasteiger partial charge is 0.407 e. The zero-order valence-corrected chi connectivity index (χ0v) is 20.5. The molecule has 30 heavy (non-hydrogen) atoms. The summed E-state index contributed by atoms with van der Waals surface area (Å²) < 4.78 is 5.37. The minimum Gasteiger partial charge on any atom is -0.444 e. The minimum absolute atomic E-state index is 0. The lowest BCUT2D eigenvalue weighted by molar-refractivity contribution is 0.0507. The average Bonchev–Trinajstić information content (AvgIpc) is 3.11. The fourth-order valence-corrected chi connectivity index (χ4v) is 3.43. The number of hydrogen-bond donors (Lipinski definition) is 2. The summed E-state index contributed by atoms with van der Waals surface area (Å²) in [5.41, 5.74) is 0.464. The Kier molecular flexibility index (Phi) is 8.69. The van der Waals surface area contributed by atoms with E-state index in [4.69, 9.17) is 9.73 Å². The third-order valence-electron chi connectivity index (χ3n) is 4.68. The summed E-state index contributed by atoms with van der Waals surface area (Å²) in [5, 5.41) is 8.61. The number of amides is 1. The van der Waals surface area contributed by atoms with Gasteiger partial charge in [0.15, 0.2) is 5.96 Å². The molecular weight excluding hydrogens is 493 g/mol. The molecule has 1 aromatic heterocycles. The first kappa shape index (κ1) is 24.2. The topological polar surface area (TPSA) is 78.9 Å². The van der Waals surface area contributed by atoms with E-state index in [1.165, 1.54) is 5.39 Å². The number of hydrogen-bond acceptors (Lipinski definition) is 4. The second-order valence-corrected chi connectivity index (χ2v) is 8.23. The van der Waals surface area contributed by atoms with Gasteiger partial charge in [-0.05, 0) is 45.6 Å². The molecule has 8 heteroatoms. The number of likely N-dealkylation sites (tertiary alicyclic amines) is 1. The van der Waals surface area contributed by atoms with Crippen LogP contribution in [0.4, 0.5) is 4.79 Å². The molecule has 0 spiro atoms. The number of nitrogens with one attached hydrogen (secondary N) is 2. The highest BCUT2D eigenvalue weighted by atomic mass is 127. The first-order valence-electron chi connectivity index (χ1n) is 10.2. The summed E-state index contributed by atoms with van der Waals surface area (Å²) >= 11 is 0. The first-order valence-corrected chi connectivity index (χ1v) is 10.2. The molecule has 2 heterocycles. The van der Waals surface area contributed by atoms with E-state index < -0.39 is 5.60 Å². The number of carbonyl (C=O) groups is 1. The van der Waals surface area contributed by atoms with Crippen molar-refractivity contribution in [2.45, 2.75) is 52.3 Å². The molecule has 1 amide bonds. The van der Waals surface area contributed by atoms with Crippen molar-refractivity contribution in [3.05, 3.63) is 42.2 Å². The Morgan fingerprint density at radius 1 is 1.30 bits per heavy atom. The van der Waals surface area contributed by atoms with Gasteiger partial charge in [-0.15, -0.1) is 24.0 Å². The van der Waals surface area contributed by atoms with E-state index in [-0.39, 0.29) is 36.1 Å². The summed E-state index contributed by atoms with van der Waals surface area (Å²) in [7, 11) is 0. The predicted octanol–water partition coefficient (Wildman–Crippen LogP) is 3.92. The fourth-order valence-electron chi connectivity index (χ4n) is 3.43. The number of pyridine rings is 1. The van der Waals surface area contributed by atoms with Gasteiger partial charge in [0.2, 0.25) is 0 Å². The number of carbonyl (C=O) groups excluding carboxylic acids is 1. The number of guanidine groups is 1. The average molecular weight is 525 g/mol. The van der Waals surface area contributed by atoms with E-state index in [1.54, 1.807) is 0 Å². The summed E-state index contributed by atoms with van der Waals surface area (Å²) in [6.07, 6.45) is 2.32. The number of ether oxygens (including phenoxy) is 1. The third kappa shape index (κ3) is 6.72. The van der Waals surface area contributed by atoms with Crippen LogP contribution in [-0.2, 0) is 11.3 Å². The number of aliphatic imine (C=N–C) groups is 1. The first-order chi connectivity index (χ1) is 13.9. The number of aromatic nitrogens is 1. The van der Waals surface area contributed by atoms with Crippen LogP contribution in [0.3, 0.4) is 0 Å². The number of fused-ring (bicyclic) bond motifs is 1. The molecule has 0 aliphatic carbocycles. The van der Waals surface area contributed by atoms with Crippen LogP contribution in [0.2, 0.25) is 0 Å². The SMILES string of the molecule is CCNC(=NCc1nccc2ccccc12)N1CCC(NC(=O)OC(C)(C)C)C1.I. The number of halogens is 1. The van der Waals surface area contributed by atoms with Gasteiger partial charge in [0.1, 0.15) is 5.60 Å². The molecule has 0 bridgehead atoms. The summed E-state index contributed by atoms with van der Waals surface area (Å²) in [6.45, 7) is 10.5. The van der Waals surface area contributed by atoms with Gasteiger partial charge in [0.25, 0.3) is 0 Å². The Morgan fingerprint density at radius 2 is 2.07 bits per heavy atom. The van der Waals surface area contributed by atoms with Crippen molar-refractivity contribution < 1.29 is 9.53 Å². The molecule has 1 aromatic carbocycles. The van der Waals surface area contributed by atoms with Crippen LogP contribution in [-0.4, -0.2) is 53.2 Å². The minimum atomic E-state index is -0.496. The number of alkyl carbamates (subject to hydrolysis) is 1. The van der Waals surface area contributed by atoms with Crippen LogP contribution in [0.25, 0.3) is 10.8 Å².